The number of carbonyl (C=O) groups excluding carboxylic acids is 1. The summed E-state index contributed by atoms with van der Waals surface area (Å²) in [6, 6.07) is 12.9. The Bertz CT molecular complexity index is 1060. The van der Waals surface area contributed by atoms with E-state index in [1.165, 1.54) is 0 Å². The third-order valence-corrected chi connectivity index (χ3v) is 4.21. The normalized spacial score (nSPS) is 12.6. The second-order valence-corrected chi connectivity index (χ2v) is 6.24. The van der Waals surface area contributed by atoms with Gasteiger partial charge in [0.25, 0.3) is 5.91 Å². The number of carbonyl (C=O) groups is 1. The zero-order valence-electron chi connectivity index (χ0n) is 15.6. The second kappa shape index (κ2) is 7.56. The number of nitrogens with zero attached hydrogens (tertiary/aromatic N) is 2. The van der Waals surface area contributed by atoms with Crippen LogP contribution in [0.15, 0.2) is 52.6 Å². The summed E-state index contributed by atoms with van der Waals surface area (Å²) < 4.78 is 16.4. The molecule has 142 valence electrons. The summed E-state index contributed by atoms with van der Waals surface area (Å²) in [7, 11) is 0. The number of benzene rings is 2. The molecule has 0 fully saturated rings. The summed E-state index contributed by atoms with van der Waals surface area (Å²) in [5, 5.41) is 6.80. The lowest BCUT2D eigenvalue weighted by molar-refractivity contribution is -0.113. The maximum atomic E-state index is 12.7. The summed E-state index contributed by atoms with van der Waals surface area (Å²) >= 11 is 0. The minimum absolute atomic E-state index is 0.173. The molecule has 1 aliphatic heterocycles. The molecule has 2 aromatic carbocycles. The number of nitrogens with one attached hydrogen (secondary N) is 1. The number of rotatable bonds is 5. The molecule has 7 nitrogen and oxygen atoms in total. The van der Waals surface area contributed by atoms with Gasteiger partial charge in [-0.25, -0.2) is 0 Å². The van der Waals surface area contributed by atoms with Crippen LogP contribution >= 0.6 is 0 Å². The molecule has 0 aliphatic carbocycles. The number of fused-ring (bicyclic) bond motifs is 1. The van der Waals surface area contributed by atoms with Crippen LogP contribution in [0.4, 0.5) is 5.69 Å². The molecule has 2 heterocycles. The van der Waals surface area contributed by atoms with Crippen molar-refractivity contribution in [3.63, 3.8) is 0 Å². The standard InChI is InChI=1S/C21H19N3O4/c1-3-26-18-9-5-6-14-10-16(12-27-19(14)18)21(25)23-17-8-4-7-15(11-17)20-22-13(2)28-24-20/h4-11H,3,12H2,1-2H3,(H,23,25). The largest absolute Gasteiger partial charge is 0.490 e. The van der Waals surface area contributed by atoms with Gasteiger partial charge in [0.05, 0.1) is 12.2 Å². The highest BCUT2D eigenvalue weighted by molar-refractivity contribution is 6.07. The Morgan fingerprint density at radius 2 is 2.11 bits per heavy atom. The molecule has 1 aromatic heterocycles. The third-order valence-electron chi connectivity index (χ3n) is 4.21. The molecule has 7 heteroatoms. The van der Waals surface area contributed by atoms with Gasteiger partial charge in [-0.3, -0.25) is 4.79 Å². The van der Waals surface area contributed by atoms with E-state index in [1.807, 2.05) is 43.3 Å². The van der Waals surface area contributed by atoms with Crippen LogP contribution in [0, 0.1) is 6.92 Å². The van der Waals surface area contributed by atoms with E-state index in [0.717, 1.165) is 11.1 Å². The van der Waals surface area contributed by atoms with E-state index in [0.29, 0.717) is 41.1 Å². The highest BCUT2D eigenvalue weighted by Gasteiger charge is 2.20. The van der Waals surface area contributed by atoms with Crippen molar-refractivity contribution in [3.05, 3.63) is 59.5 Å². The number of hydrogen-bond donors (Lipinski definition) is 1. The van der Waals surface area contributed by atoms with Gasteiger partial charge in [0.2, 0.25) is 11.7 Å². The van der Waals surface area contributed by atoms with Crippen molar-refractivity contribution < 1.29 is 18.8 Å². The predicted octanol–water partition coefficient (Wildman–Crippen LogP) is 3.86. The van der Waals surface area contributed by atoms with Crippen LogP contribution in [0.3, 0.4) is 0 Å². The maximum absolute atomic E-state index is 12.7. The highest BCUT2D eigenvalue weighted by atomic mass is 16.5. The van der Waals surface area contributed by atoms with Gasteiger partial charge in [-0.05, 0) is 31.2 Å². The number of para-hydroxylation sites is 1. The van der Waals surface area contributed by atoms with Crippen LogP contribution < -0.4 is 14.8 Å². The van der Waals surface area contributed by atoms with Gasteiger partial charge < -0.3 is 19.3 Å². The maximum Gasteiger partial charge on any atom is 0.255 e. The number of aryl methyl sites for hydroxylation is 1. The average Bonchev–Trinajstić information content (AvgIpc) is 3.15. The van der Waals surface area contributed by atoms with E-state index in [1.54, 1.807) is 19.1 Å². The Balaban J connectivity index is 1.54. The fraction of sp³-hybridized carbons (Fsp3) is 0.190. The van der Waals surface area contributed by atoms with Crippen molar-refractivity contribution in [1.29, 1.82) is 0 Å². The Labute approximate surface area is 162 Å². The van der Waals surface area contributed by atoms with Gasteiger partial charge in [0, 0.05) is 23.7 Å². The van der Waals surface area contributed by atoms with Gasteiger partial charge in [0.1, 0.15) is 6.61 Å². The topological polar surface area (TPSA) is 86.5 Å². The van der Waals surface area contributed by atoms with E-state index in [-0.39, 0.29) is 12.5 Å². The predicted molar refractivity (Wildman–Crippen MR) is 104 cm³/mol. The molecule has 28 heavy (non-hydrogen) atoms. The number of hydrogen-bond acceptors (Lipinski definition) is 6. The Morgan fingerprint density at radius 3 is 2.89 bits per heavy atom. The molecule has 0 bridgehead atoms. The first-order valence-electron chi connectivity index (χ1n) is 8.95. The lowest BCUT2D eigenvalue weighted by Gasteiger charge is -2.20. The van der Waals surface area contributed by atoms with Gasteiger partial charge in [-0.1, -0.05) is 29.4 Å². The summed E-state index contributed by atoms with van der Waals surface area (Å²) in [6.07, 6.45) is 1.82. The van der Waals surface area contributed by atoms with Gasteiger partial charge in [-0.2, -0.15) is 4.98 Å². The fourth-order valence-corrected chi connectivity index (χ4v) is 2.94. The Morgan fingerprint density at radius 1 is 1.25 bits per heavy atom. The van der Waals surface area contributed by atoms with Crippen molar-refractivity contribution >= 4 is 17.7 Å². The zero-order chi connectivity index (χ0) is 19.5. The molecule has 1 aliphatic rings. The number of aromatic nitrogens is 2. The summed E-state index contributed by atoms with van der Waals surface area (Å²) in [5.74, 6) is 2.08. The average molecular weight is 377 g/mol. The molecular formula is C21H19N3O4. The molecule has 0 saturated carbocycles. The molecule has 0 unspecified atom stereocenters. The lowest BCUT2D eigenvalue weighted by Crippen LogP contribution is -2.21. The molecule has 0 atom stereocenters. The van der Waals surface area contributed by atoms with Gasteiger partial charge in [-0.15, -0.1) is 0 Å². The van der Waals surface area contributed by atoms with E-state index in [2.05, 4.69) is 15.5 Å². The molecule has 0 spiro atoms. The van der Waals surface area contributed by atoms with Crippen LogP contribution in [0.2, 0.25) is 0 Å². The SMILES string of the molecule is CCOc1cccc2c1OCC(C(=O)Nc1cccc(-c3noc(C)n3)c1)=C2. The first kappa shape index (κ1) is 17.8. The van der Waals surface area contributed by atoms with Gasteiger partial charge in [0.15, 0.2) is 11.5 Å². The van der Waals surface area contributed by atoms with Crippen LogP contribution in [0.1, 0.15) is 18.4 Å². The van der Waals surface area contributed by atoms with E-state index in [9.17, 15) is 4.79 Å². The minimum atomic E-state index is -0.228. The molecule has 1 amide bonds. The summed E-state index contributed by atoms with van der Waals surface area (Å²) in [5.41, 5.74) is 2.75. The van der Waals surface area contributed by atoms with Crippen molar-refractivity contribution in [1.82, 2.24) is 10.1 Å². The van der Waals surface area contributed by atoms with Crippen LogP contribution in [0.25, 0.3) is 17.5 Å². The molecular weight excluding hydrogens is 358 g/mol. The smallest absolute Gasteiger partial charge is 0.255 e. The van der Waals surface area contributed by atoms with Crippen LogP contribution in [-0.4, -0.2) is 29.3 Å². The Kier molecular flexibility index (Phi) is 4.80. The monoisotopic (exact) mass is 377 g/mol. The minimum Gasteiger partial charge on any atom is -0.490 e. The van der Waals surface area contributed by atoms with Crippen molar-refractivity contribution in [2.24, 2.45) is 0 Å². The van der Waals surface area contributed by atoms with E-state index < -0.39 is 0 Å². The number of anilines is 1. The summed E-state index contributed by atoms with van der Waals surface area (Å²) in [4.78, 5) is 16.9. The van der Waals surface area contributed by atoms with Gasteiger partial charge >= 0.3 is 0 Å². The van der Waals surface area contributed by atoms with E-state index in [4.69, 9.17) is 14.0 Å². The van der Waals surface area contributed by atoms with Crippen molar-refractivity contribution in [2.45, 2.75) is 13.8 Å². The van der Waals surface area contributed by atoms with Crippen LogP contribution in [0.5, 0.6) is 11.5 Å². The third kappa shape index (κ3) is 3.59. The second-order valence-electron chi connectivity index (χ2n) is 6.24. The molecule has 4 rings (SSSR count). The van der Waals surface area contributed by atoms with Crippen molar-refractivity contribution in [2.75, 3.05) is 18.5 Å². The number of ether oxygens (including phenoxy) is 2. The lowest BCUT2D eigenvalue weighted by atomic mass is 10.1. The fourth-order valence-electron chi connectivity index (χ4n) is 2.94. The number of amides is 1. The van der Waals surface area contributed by atoms with Crippen molar-refractivity contribution in [3.8, 4) is 22.9 Å². The summed E-state index contributed by atoms with van der Waals surface area (Å²) in [6.45, 7) is 4.37. The quantitative estimate of drug-likeness (QED) is 0.727. The molecule has 1 N–H and O–H groups in total. The first-order chi connectivity index (χ1) is 13.6. The van der Waals surface area contributed by atoms with Crippen LogP contribution in [-0.2, 0) is 4.79 Å². The first-order valence-corrected chi connectivity index (χ1v) is 8.95. The van der Waals surface area contributed by atoms with E-state index >= 15 is 0 Å². The highest BCUT2D eigenvalue weighted by Crippen LogP contribution is 2.36. The molecule has 0 saturated heterocycles. The molecule has 3 aromatic rings. The molecule has 0 radical (unpaired) electrons. The Hall–Kier alpha value is -3.61. The zero-order valence-corrected chi connectivity index (χ0v) is 15.6.